The Morgan fingerprint density at radius 2 is 1.86 bits per heavy atom. The standard InChI is InChI=1S/C20H29ClN4O2.ClH/c21-18-6-4-16(5-7-18)20(27)25-12-1-3-17(15-25)19(26)23-8-2-11-24-13-9-22-10-14-24;/h4-7,17,22H,1-3,8-15H2,(H,23,26);1H. The van der Waals surface area contributed by atoms with E-state index in [0.717, 1.165) is 52.0 Å². The van der Waals surface area contributed by atoms with Crippen molar-refractivity contribution in [2.75, 3.05) is 52.4 Å². The Morgan fingerprint density at radius 1 is 1.14 bits per heavy atom. The smallest absolute Gasteiger partial charge is 0.253 e. The van der Waals surface area contributed by atoms with Crippen molar-refractivity contribution in [3.05, 3.63) is 34.9 Å². The topological polar surface area (TPSA) is 64.7 Å². The average Bonchev–Trinajstić information content (AvgIpc) is 2.72. The Kier molecular flexibility index (Phi) is 9.51. The molecule has 2 heterocycles. The molecule has 0 aromatic heterocycles. The van der Waals surface area contributed by atoms with Gasteiger partial charge in [-0.05, 0) is 50.1 Å². The van der Waals surface area contributed by atoms with Crippen LogP contribution in [0.3, 0.4) is 0 Å². The molecule has 28 heavy (non-hydrogen) atoms. The number of halogens is 2. The summed E-state index contributed by atoms with van der Waals surface area (Å²) in [6.45, 7) is 7.17. The molecule has 1 aromatic carbocycles. The van der Waals surface area contributed by atoms with Crippen LogP contribution in [0, 0.1) is 5.92 Å². The first-order valence-electron chi connectivity index (χ1n) is 9.89. The van der Waals surface area contributed by atoms with Crippen molar-refractivity contribution in [1.29, 1.82) is 0 Å². The minimum atomic E-state index is -0.116. The second-order valence-electron chi connectivity index (χ2n) is 7.33. The first kappa shape index (κ1) is 22.9. The molecule has 156 valence electrons. The van der Waals surface area contributed by atoms with Crippen LogP contribution >= 0.6 is 24.0 Å². The highest BCUT2D eigenvalue weighted by Crippen LogP contribution is 2.20. The van der Waals surface area contributed by atoms with Crippen LogP contribution in [-0.4, -0.2) is 74.0 Å². The molecule has 2 N–H and O–H groups in total. The number of nitrogens with one attached hydrogen (secondary N) is 2. The number of rotatable bonds is 6. The lowest BCUT2D eigenvalue weighted by molar-refractivity contribution is -0.126. The van der Waals surface area contributed by atoms with Crippen molar-refractivity contribution in [3.63, 3.8) is 0 Å². The Morgan fingerprint density at radius 3 is 2.57 bits per heavy atom. The molecule has 0 aliphatic carbocycles. The van der Waals surface area contributed by atoms with Crippen LogP contribution in [0.2, 0.25) is 5.02 Å². The highest BCUT2D eigenvalue weighted by molar-refractivity contribution is 6.30. The summed E-state index contributed by atoms with van der Waals surface area (Å²) in [7, 11) is 0. The largest absolute Gasteiger partial charge is 0.356 e. The van der Waals surface area contributed by atoms with Gasteiger partial charge in [0.2, 0.25) is 5.91 Å². The SMILES string of the molecule is Cl.O=C(NCCCN1CCNCC1)C1CCCN(C(=O)c2ccc(Cl)cc2)C1. The minimum absolute atomic E-state index is 0. The second kappa shape index (κ2) is 11.6. The fourth-order valence-electron chi connectivity index (χ4n) is 3.74. The van der Waals surface area contributed by atoms with Crippen molar-refractivity contribution in [2.45, 2.75) is 19.3 Å². The number of benzene rings is 1. The third kappa shape index (κ3) is 6.62. The van der Waals surface area contributed by atoms with Gasteiger partial charge in [-0.2, -0.15) is 0 Å². The maximum atomic E-state index is 12.7. The summed E-state index contributed by atoms with van der Waals surface area (Å²) in [5.41, 5.74) is 0.622. The molecule has 0 spiro atoms. The number of carbonyl (C=O) groups is 2. The number of carbonyl (C=O) groups excluding carboxylic acids is 2. The molecule has 2 aliphatic rings. The van der Waals surface area contributed by atoms with Gasteiger partial charge in [0.25, 0.3) is 5.91 Å². The fourth-order valence-corrected chi connectivity index (χ4v) is 3.87. The van der Waals surface area contributed by atoms with Gasteiger partial charge >= 0.3 is 0 Å². The molecule has 1 atom stereocenters. The summed E-state index contributed by atoms with van der Waals surface area (Å²) < 4.78 is 0. The van der Waals surface area contributed by atoms with Crippen LogP contribution in [0.1, 0.15) is 29.6 Å². The van der Waals surface area contributed by atoms with E-state index in [4.69, 9.17) is 11.6 Å². The van der Waals surface area contributed by atoms with Gasteiger partial charge < -0.3 is 20.4 Å². The highest BCUT2D eigenvalue weighted by atomic mass is 35.5. The van der Waals surface area contributed by atoms with Crippen LogP contribution in [0.15, 0.2) is 24.3 Å². The molecule has 8 heteroatoms. The number of amides is 2. The summed E-state index contributed by atoms with van der Waals surface area (Å²) in [5, 5.41) is 7.02. The van der Waals surface area contributed by atoms with E-state index >= 15 is 0 Å². The zero-order valence-electron chi connectivity index (χ0n) is 16.2. The monoisotopic (exact) mass is 428 g/mol. The highest BCUT2D eigenvalue weighted by Gasteiger charge is 2.28. The Bertz CT molecular complexity index is 636. The van der Waals surface area contributed by atoms with Crippen LogP contribution in [0.25, 0.3) is 0 Å². The molecular formula is C20H30Cl2N4O2. The van der Waals surface area contributed by atoms with Crippen molar-refractivity contribution < 1.29 is 9.59 Å². The quantitative estimate of drug-likeness (QED) is 0.680. The predicted molar refractivity (Wildman–Crippen MR) is 114 cm³/mol. The van der Waals surface area contributed by atoms with E-state index in [2.05, 4.69) is 15.5 Å². The number of piperidine rings is 1. The van der Waals surface area contributed by atoms with Gasteiger partial charge in [-0.3, -0.25) is 9.59 Å². The fraction of sp³-hybridized carbons (Fsp3) is 0.600. The van der Waals surface area contributed by atoms with Gasteiger partial charge in [-0.1, -0.05) is 11.6 Å². The Balaban J connectivity index is 0.00000280. The molecule has 3 rings (SSSR count). The zero-order valence-corrected chi connectivity index (χ0v) is 17.7. The molecule has 2 aliphatic heterocycles. The van der Waals surface area contributed by atoms with Crippen molar-refractivity contribution >= 4 is 35.8 Å². The number of hydrogen-bond donors (Lipinski definition) is 2. The Labute approximate surface area is 178 Å². The summed E-state index contributed by atoms with van der Waals surface area (Å²) in [4.78, 5) is 29.4. The number of piperazine rings is 1. The molecular weight excluding hydrogens is 399 g/mol. The van der Waals surface area contributed by atoms with E-state index in [1.807, 2.05) is 0 Å². The zero-order chi connectivity index (χ0) is 19.1. The van der Waals surface area contributed by atoms with Crippen molar-refractivity contribution in [2.24, 2.45) is 5.92 Å². The first-order chi connectivity index (χ1) is 13.1. The number of nitrogens with zero attached hydrogens (tertiary/aromatic N) is 2. The summed E-state index contributed by atoms with van der Waals surface area (Å²) in [6.07, 6.45) is 2.66. The van der Waals surface area contributed by atoms with Crippen LogP contribution in [-0.2, 0) is 4.79 Å². The summed E-state index contributed by atoms with van der Waals surface area (Å²) >= 11 is 5.89. The predicted octanol–water partition coefficient (Wildman–Crippen LogP) is 2.03. The summed E-state index contributed by atoms with van der Waals surface area (Å²) in [5.74, 6) is -0.0685. The summed E-state index contributed by atoms with van der Waals surface area (Å²) in [6, 6.07) is 6.93. The lowest BCUT2D eigenvalue weighted by Crippen LogP contribution is -2.46. The van der Waals surface area contributed by atoms with E-state index in [1.54, 1.807) is 29.2 Å². The van der Waals surface area contributed by atoms with Crippen molar-refractivity contribution in [3.8, 4) is 0 Å². The third-order valence-corrected chi connectivity index (χ3v) is 5.58. The van der Waals surface area contributed by atoms with E-state index < -0.39 is 0 Å². The van der Waals surface area contributed by atoms with E-state index in [-0.39, 0.29) is 30.1 Å². The van der Waals surface area contributed by atoms with E-state index in [9.17, 15) is 9.59 Å². The van der Waals surface area contributed by atoms with Crippen molar-refractivity contribution in [1.82, 2.24) is 20.4 Å². The molecule has 0 saturated carbocycles. The lowest BCUT2D eigenvalue weighted by atomic mass is 9.96. The van der Waals surface area contributed by atoms with Gasteiger partial charge in [0.15, 0.2) is 0 Å². The molecule has 1 aromatic rings. The minimum Gasteiger partial charge on any atom is -0.356 e. The maximum Gasteiger partial charge on any atom is 0.253 e. The lowest BCUT2D eigenvalue weighted by Gasteiger charge is -2.32. The first-order valence-corrected chi connectivity index (χ1v) is 10.3. The van der Waals surface area contributed by atoms with Gasteiger partial charge in [-0.15, -0.1) is 12.4 Å². The van der Waals surface area contributed by atoms with Gasteiger partial charge in [0.1, 0.15) is 0 Å². The third-order valence-electron chi connectivity index (χ3n) is 5.33. The maximum absolute atomic E-state index is 12.7. The van der Waals surface area contributed by atoms with Crippen LogP contribution < -0.4 is 10.6 Å². The molecule has 0 bridgehead atoms. The van der Waals surface area contributed by atoms with E-state index in [0.29, 0.717) is 30.2 Å². The van der Waals surface area contributed by atoms with Crippen LogP contribution in [0.5, 0.6) is 0 Å². The van der Waals surface area contributed by atoms with Gasteiger partial charge in [0, 0.05) is 56.4 Å². The normalized spacial score (nSPS) is 20.3. The molecule has 6 nitrogen and oxygen atoms in total. The van der Waals surface area contributed by atoms with Gasteiger partial charge in [-0.25, -0.2) is 0 Å². The number of likely N-dealkylation sites (tertiary alicyclic amines) is 1. The Hall–Kier alpha value is -1.34. The number of hydrogen-bond acceptors (Lipinski definition) is 4. The van der Waals surface area contributed by atoms with Crippen LogP contribution in [0.4, 0.5) is 0 Å². The molecule has 0 radical (unpaired) electrons. The molecule has 2 amide bonds. The second-order valence-corrected chi connectivity index (χ2v) is 7.77. The average molecular weight is 429 g/mol. The molecule has 2 saturated heterocycles. The molecule has 1 unspecified atom stereocenters. The van der Waals surface area contributed by atoms with E-state index in [1.165, 1.54) is 0 Å². The van der Waals surface area contributed by atoms with Gasteiger partial charge in [0.05, 0.1) is 5.92 Å². The molecule has 2 fully saturated rings.